The molecule has 4 atom stereocenters. The van der Waals surface area contributed by atoms with Gasteiger partial charge in [0.15, 0.2) is 11.6 Å². The van der Waals surface area contributed by atoms with Crippen LogP contribution < -0.4 is 0 Å². The fraction of sp³-hybridized carbons (Fsp3) is 0.625. The first-order valence-corrected chi connectivity index (χ1v) is 14.1. The summed E-state index contributed by atoms with van der Waals surface area (Å²) in [6.07, 6.45) is 21.5. The van der Waals surface area contributed by atoms with Gasteiger partial charge in [-0.15, -0.1) is 0 Å². The summed E-state index contributed by atoms with van der Waals surface area (Å²) in [5.41, 5.74) is 1.70. The van der Waals surface area contributed by atoms with Crippen LogP contribution in [0.4, 0.5) is 8.78 Å². The van der Waals surface area contributed by atoms with E-state index in [0.717, 1.165) is 29.6 Å². The molecule has 0 saturated heterocycles. The van der Waals surface area contributed by atoms with Crippen molar-refractivity contribution in [1.82, 2.24) is 0 Å². The molecule has 186 valence electrons. The minimum Gasteiger partial charge on any atom is -0.203 e. The molecule has 0 radical (unpaired) electrons. The smallest absolute Gasteiger partial charge is 0.166 e. The zero-order valence-electron chi connectivity index (χ0n) is 21.4. The van der Waals surface area contributed by atoms with Crippen LogP contribution in [0.1, 0.15) is 114 Å². The van der Waals surface area contributed by atoms with Crippen molar-refractivity contribution in [2.24, 2.45) is 17.8 Å². The normalized spacial score (nSPS) is 25.2. The number of unbranched alkanes of at least 4 members (excludes halogenated alkanes) is 4. The van der Waals surface area contributed by atoms with Gasteiger partial charge in [0.1, 0.15) is 0 Å². The third-order valence-electron chi connectivity index (χ3n) is 8.84. The van der Waals surface area contributed by atoms with Crippen molar-refractivity contribution in [3.05, 3.63) is 59.2 Å². The second-order valence-corrected chi connectivity index (χ2v) is 11.2. The molecular weight excluding hydrogens is 422 g/mol. The lowest BCUT2D eigenvalue weighted by Crippen LogP contribution is -2.30. The van der Waals surface area contributed by atoms with E-state index in [9.17, 15) is 4.39 Å². The first-order valence-electron chi connectivity index (χ1n) is 14.1. The molecule has 0 aliphatic heterocycles. The molecule has 0 spiro atoms. The summed E-state index contributed by atoms with van der Waals surface area (Å²) in [5.74, 6) is 1.82. The quantitative estimate of drug-likeness (QED) is 0.241. The molecule has 0 nitrogen and oxygen atoms in total. The van der Waals surface area contributed by atoms with Gasteiger partial charge in [-0.2, -0.15) is 0 Å². The maximum Gasteiger partial charge on any atom is 0.166 e. The number of halogens is 2. The molecule has 2 aromatic rings. The van der Waals surface area contributed by atoms with Gasteiger partial charge < -0.3 is 0 Å². The van der Waals surface area contributed by atoms with Crippen LogP contribution in [0, 0.1) is 29.4 Å². The van der Waals surface area contributed by atoms with Gasteiger partial charge in [0, 0.05) is 5.39 Å². The zero-order valence-corrected chi connectivity index (χ0v) is 21.4. The van der Waals surface area contributed by atoms with Crippen LogP contribution in [0.3, 0.4) is 0 Å². The molecule has 2 aromatic carbocycles. The van der Waals surface area contributed by atoms with E-state index in [1.54, 1.807) is 0 Å². The molecule has 34 heavy (non-hydrogen) atoms. The Hall–Kier alpha value is -1.70. The Morgan fingerprint density at radius 3 is 2.50 bits per heavy atom. The van der Waals surface area contributed by atoms with Gasteiger partial charge in [-0.05, 0) is 104 Å². The van der Waals surface area contributed by atoms with Crippen molar-refractivity contribution < 1.29 is 8.78 Å². The lowest BCUT2D eigenvalue weighted by Gasteiger charge is -2.42. The average molecular weight is 467 g/mol. The lowest BCUT2D eigenvalue weighted by atomic mass is 9.63. The predicted octanol–water partition coefficient (Wildman–Crippen LogP) is 10.3. The average Bonchev–Trinajstić information content (AvgIpc) is 2.86. The molecule has 0 aromatic heterocycles. The predicted molar refractivity (Wildman–Crippen MR) is 141 cm³/mol. The topological polar surface area (TPSA) is 0 Å². The summed E-state index contributed by atoms with van der Waals surface area (Å²) in [4.78, 5) is 0. The molecule has 0 heterocycles. The third-order valence-corrected chi connectivity index (χ3v) is 8.84. The van der Waals surface area contributed by atoms with Crippen LogP contribution in [0.25, 0.3) is 10.8 Å². The van der Waals surface area contributed by atoms with Gasteiger partial charge >= 0.3 is 0 Å². The highest BCUT2D eigenvalue weighted by Crippen LogP contribution is 2.48. The summed E-state index contributed by atoms with van der Waals surface area (Å²) in [5, 5.41) is 1.28. The van der Waals surface area contributed by atoms with E-state index in [1.165, 1.54) is 82.6 Å². The second kappa shape index (κ2) is 12.3. The monoisotopic (exact) mass is 466 g/mol. The van der Waals surface area contributed by atoms with E-state index in [2.05, 4.69) is 13.0 Å². The third kappa shape index (κ3) is 6.10. The molecule has 2 fully saturated rings. The molecule has 2 aliphatic rings. The number of fused-ring (bicyclic) bond motifs is 2. The molecule has 2 unspecified atom stereocenters. The maximum atomic E-state index is 15.0. The van der Waals surface area contributed by atoms with Crippen molar-refractivity contribution in [3.63, 3.8) is 0 Å². The number of benzene rings is 2. The maximum absolute atomic E-state index is 15.0. The van der Waals surface area contributed by atoms with Gasteiger partial charge in [-0.1, -0.05) is 76.2 Å². The van der Waals surface area contributed by atoms with Crippen molar-refractivity contribution in [2.75, 3.05) is 0 Å². The summed E-state index contributed by atoms with van der Waals surface area (Å²) < 4.78 is 29.7. The molecule has 4 rings (SSSR count). The Bertz CT molecular complexity index is 959. The number of rotatable bonds is 10. The lowest BCUT2D eigenvalue weighted by molar-refractivity contribution is 0.113. The van der Waals surface area contributed by atoms with Gasteiger partial charge in [-0.3, -0.25) is 0 Å². The number of allylic oxidation sites excluding steroid dienone is 2. The summed E-state index contributed by atoms with van der Waals surface area (Å²) in [6.45, 7) is 4.24. The van der Waals surface area contributed by atoms with Gasteiger partial charge in [-0.25, -0.2) is 8.78 Å². The van der Waals surface area contributed by atoms with Crippen LogP contribution in [0.2, 0.25) is 0 Å². The minimum absolute atomic E-state index is 0.457. The van der Waals surface area contributed by atoms with E-state index in [-0.39, 0.29) is 0 Å². The highest BCUT2D eigenvalue weighted by Gasteiger charge is 2.35. The van der Waals surface area contributed by atoms with Gasteiger partial charge in [0.25, 0.3) is 0 Å². The van der Waals surface area contributed by atoms with E-state index >= 15 is 4.39 Å². The van der Waals surface area contributed by atoms with E-state index in [0.29, 0.717) is 23.3 Å². The first kappa shape index (κ1) is 25.4. The molecule has 0 N–H and O–H groups in total. The van der Waals surface area contributed by atoms with Crippen LogP contribution in [-0.4, -0.2) is 0 Å². The van der Waals surface area contributed by atoms with Gasteiger partial charge in [0.2, 0.25) is 0 Å². The number of hydrogen-bond donors (Lipinski definition) is 0. The minimum atomic E-state index is -0.664. The van der Waals surface area contributed by atoms with Gasteiger partial charge in [0.05, 0.1) is 0 Å². The van der Waals surface area contributed by atoms with E-state index < -0.39 is 11.6 Å². The highest BCUT2D eigenvalue weighted by molar-refractivity contribution is 5.85. The molecular formula is C32H44F2. The summed E-state index contributed by atoms with van der Waals surface area (Å²) in [7, 11) is 0. The highest BCUT2D eigenvalue weighted by atomic mass is 19.2. The van der Waals surface area contributed by atoms with Crippen LogP contribution in [0.15, 0.2) is 36.4 Å². The number of aryl methyl sites for hydroxylation is 1. The molecule has 0 amide bonds. The molecule has 2 aliphatic carbocycles. The Morgan fingerprint density at radius 2 is 1.68 bits per heavy atom. The Morgan fingerprint density at radius 1 is 0.882 bits per heavy atom. The molecule has 2 saturated carbocycles. The fourth-order valence-corrected chi connectivity index (χ4v) is 6.83. The van der Waals surface area contributed by atoms with Crippen molar-refractivity contribution in [2.45, 2.75) is 110 Å². The Labute approximate surface area is 206 Å². The van der Waals surface area contributed by atoms with Crippen LogP contribution in [0.5, 0.6) is 0 Å². The SMILES string of the molecule is C/C=C/CCc1cc2ccc([C@@H]3CC[C@@H]4CC(CCCCCCC)CCC4C3)cc2c(F)c1F. The summed E-state index contributed by atoms with van der Waals surface area (Å²) >= 11 is 0. The summed E-state index contributed by atoms with van der Waals surface area (Å²) in [6, 6.07) is 8.01. The fourth-order valence-electron chi connectivity index (χ4n) is 6.83. The van der Waals surface area contributed by atoms with E-state index in [4.69, 9.17) is 0 Å². The van der Waals surface area contributed by atoms with Crippen molar-refractivity contribution >= 4 is 10.8 Å². The molecule has 2 heteroatoms. The Kier molecular flexibility index (Phi) is 9.20. The first-order chi connectivity index (χ1) is 16.6. The molecule has 0 bridgehead atoms. The van der Waals surface area contributed by atoms with Crippen molar-refractivity contribution in [3.8, 4) is 0 Å². The Balaban J connectivity index is 1.37. The largest absolute Gasteiger partial charge is 0.203 e. The van der Waals surface area contributed by atoms with E-state index in [1.807, 2.05) is 37.3 Å². The van der Waals surface area contributed by atoms with Crippen LogP contribution >= 0.6 is 0 Å². The second-order valence-electron chi connectivity index (χ2n) is 11.2. The standard InChI is InChI=1S/C32H44F2/c1-3-5-7-8-10-11-23-13-14-25-20-26(16-15-24(25)19-23)27-17-18-28-21-29(12-9-6-4-2)31(33)32(34)30(28)22-27/h4,6,17-18,21-26H,3,5,7-16,19-20H2,1-2H3/b6-4+/t23?,24-,25?,26-/m1/s1. The van der Waals surface area contributed by atoms with Crippen molar-refractivity contribution in [1.29, 1.82) is 0 Å². The number of hydrogen-bond acceptors (Lipinski definition) is 0. The zero-order chi connectivity index (χ0) is 23.9. The van der Waals surface area contributed by atoms with Crippen LogP contribution in [-0.2, 0) is 6.42 Å².